The van der Waals surface area contributed by atoms with Gasteiger partial charge in [0.2, 0.25) is 5.89 Å². The second kappa shape index (κ2) is 5.14. The van der Waals surface area contributed by atoms with Gasteiger partial charge in [-0.1, -0.05) is 38.8 Å². The van der Waals surface area contributed by atoms with Crippen molar-refractivity contribution in [2.45, 2.75) is 77.2 Å². The van der Waals surface area contributed by atoms with E-state index >= 15 is 0 Å². The first kappa shape index (κ1) is 14.1. The maximum atomic E-state index is 6.23. The predicted molar refractivity (Wildman–Crippen MR) is 78.4 cm³/mol. The van der Waals surface area contributed by atoms with Crippen LogP contribution in [0.2, 0.25) is 0 Å². The lowest BCUT2D eigenvalue weighted by Gasteiger charge is -2.45. The number of hydrogen-bond donors (Lipinski definition) is 1. The summed E-state index contributed by atoms with van der Waals surface area (Å²) in [6, 6.07) is 0.290. The van der Waals surface area contributed by atoms with Crippen molar-refractivity contribution in [3.8, 4) is 0 Å². The molecule has 2 saturated carbocycles. The third-order valence-electron chi connectivity index (χ3n) is 5.98. The maximum Gasteiger partial charge on any atom is 0.230 e. The lowest BCUT2D eigenvalue weighted by atomic mass is 9.61. The van der Waals surface area contributed by atoms with Gasteiger partial charge >= 0.3 is 0 Å². The Labute approximate surface area is 121 Å². The van der Waals surface area contributed by atoms with Gasteiger partial charge in [0.1, 0.15) is 0 Å². The molecule has 2 N–H and O–H groups in total. The summed E-state index contributed by atoms with van der Waals surface area (Å²) in [4.78, 5) is 4.75. The molecular formula is C16H27N3O. The van der Waals surface area contributed by atoms with Crippen molar-refractivity contribution in [2.75, 3.05) is 0 Å². The highest BCUT2D eigenvalue weighted by molar-refractivity contribution is 5.08. The fraction of sp³-hybridized carbons (Fsp3) is 0.875. The van der Waals surface area contributed by atoms with Gasteiger partial charge < -0.3 is 10.3 Å². The predicted octanol–water partition coefficient (Wildman–Crippen LogP) is 3.59. The molecule has 4 nitrogen and oxygen atoms in total. The zero-order valence-corrected chi connectivity index (χ0v) is 12.9. The van der Waals surface area contributed by atoms with Crippen molar-refractivity contribution in [3.05, 3.63) is 11.7 Å². The van der Waals surface area contributed by atoms with Gasteiger partial charge in [-0.15, -0.1) is 0 Å². The zero-order valence-electron chi connectivity index (χ0n) is 12.9. The van der Waals surface area contributed by atoms with Gasteiger partial charge in [-0.3, -0.25) is 0 Å². The summed E-state index contributed by atoms with van der Waals surface area (Å²) in [5, 5.41) is 4.27. The lowest BCUT2D eigenvalue weighted by molar-refractivity contribution is 0.0806. The summed E-state index contributed by atoms with van der Waals surface area (Å²) in [5.74, 6) is 3.13. The molecule has 0 bridgehead atoms. The number of aromatic nitrogens is 2. The van der Waals surface area contributed by atoms with E-state index in [0.717, 1.165) is 24.6 Å². The van der Waals surface area contributed by atoms with Crippen LogP contribution in [-0.4, -0.2) is 16.2 Å². The second-order valence-electron chi connectivity index (χ2n) is 7.38. The first-order chi connectivity index (χ1) is 9.50. The van der Waals surface area contributed by atoms with Gasteiger partial charge in [-0.25, -0.2) is 0 Å². The van der Waals surface area contributed by atoms with Gasteiger partial charge in [0.05, 0.1) is 0 Å². The minimum atomic E-state index is 0.122. The molecule has 0 radical (unpaired) electrons. The van der Waals surface area contributed by atoms with Crippen molar-refractivity contribution in [3.63, 3.8) is 0 Å². The molecule has 1 aromatic heterocycles. The molecule has 3 rings (SSSR count). The van der Waals surface area contributed by atoms with E-state index in [-0.39, 0.29) is 5.41 Å². The summed E-state index contributed by atoms with van der Waals surface area (Å²) in [5.41, 5.74) is 6.35. The third kappa shape index (κ3) is 2.28. The summed E-state index contributed by atoms with van der Waals surface area (Å²) in [7, 11) is 0. The average Bonchev–Trinajstić information content (AvgIpc) is 3.06. The van der Waals surface area contributed by atoms with Crippen LogP contribution < -0.4 is 5.73 Å². The van der Waals surface area contributed by atoms with E-state index in [1.54, 1.807) is 0 Å². The minimum Gasteiger partial charge on any atom is -0.339 e. The van der Waals surface area contributed by atoms with Crippen molar-refractivity contribution in [1.29, 1.82) is 0 Å². The molecule has 2 aliphatic carbocycles. The maximum absolute atomic E-state index is 6.23. The van der Waals surface area contributed by atoms with Crippen LogP contribution in [0.5, 0.6) is 0 Å². The normalized spacial score (nSPS) is 34.5. The molecule has 1 heterocycles. The Morgan fingerprint density at radius 2 is 1.85 bits per heavy atom. The Bertz CT molecular complexity index is 462. The lowest BCUT2D eigenvalue weighted by Crippen LogP contribution is -2.45. The van der Waals surface area contributed by atoms with E-state index in [4.69, 9.17) is 15.2 Å². The van der Waals surface area contributed by atoms with E-state index in [1.807, 2.05) is 0 Å². The average molecular weight is 277 g/mol. The Balaban J connectivity index is 1.81. The SMILES string of the molecule is CC1C(N)CCC(c2nc(C3CCCC3)no2)C1(C)C. The van der Waals surface area contributed by atoms with E-state index in [9.17, 15) is 0 Å². The van der Waals surface area contributed by atoms with Gasteiger partial charge in [-0.05, 0) is 37.0 Å². The second-order valence-corrected chi connectivity index (χ2v) is 7.38. The fourth-order valence-electron chi connectivity index (χ4n) is 4.03. The molecule has 2 fully saturated rings. The fourth-order valence-corrected chi connectivity index (χ4v) is 4.03. The Morgan fingerprint density at radius 1 is 1.15 bits per heavy atom. The summed E-state index contributed by atoms with van der Waals surface area (Å²) < 4.78 is 5.63. The summed E-state index contributed by atoms with van der Waals surface area (Å²) >= 11 is 0. The Hall–Kier alpha value is -0.900. The molecule has 3 unspecified atom stereocenters. The molecule has 0 aromatic carbocycles. The van der Waals surface area contributed by atoms with Gasteiger partial charge in [0, 0.05) is 17.9 Å². The first-order valence-corrected chi connectivity index (χ1v) is 8.09. The molecular weight excluding hydrogens is 250 g/mol. The highest BCUT2D eigenvalue weighted by Crippen LogP contribution is 2.49. The Morgan fingerprint density at radius 3 is 2.55 bits per heavy atom. The third-order valence-corrected chi connectivity index (χ3v) is 5.98. The van der Waals surface area contributed by atoms with E-state index in [2.05, 4.69) is 25.9 Å². The van der Waals surface area contributed by atoms with Gasteiger partial charge in [0.15, 0.2) is 5.82 Å². The molecule has 0 spiro atoms. The topological polar surface area (TPSA) is 64.9 Å². The largest absolute Gasteiger partial charge is 0.339 e. The zero-order chi connectivity index (χ0) is 14.3. The smallest absolute Gasteiger partial charge is 0.230 e. The molecule has 4 heteroatoms. The van der Waals surface area contributed by atoms with Gasteiger partial charge in [0.25, 0.3) is 0 Å². The number of nitrogens with two attached hydrogens (primary N) is 1. The Kier molecular flexibility index (Phi) is 3.61. The quantitative estimate of drug-likeness (QED) is 0.897. The van der Waals surface area contributed by atoms with E-state index in [1.165, 1.54) is 25.7 Å². The molecule has 0 aliphatic heterocycles. The number of hydrogen-bond acceptors (Lipinski definition) is 4. The standard InChI is InChI=1S/C16H27N3O/c1-10-13(17)9-8-12(16(10,2)3)15-18-14(19-20-15)11-6-4-5-7-11/h10-13H,4-9,17H2,1-3H3. The van der Waals surface area contributed by atoms with Crippen LogP contribution in [0.3, 0.4) is 0 Å². The van der Waals surface area contributed by atoms with Crippen LogP contribution in [0, 0.1) is 11.3 Å². The first-order valence-electron chi connectivity index (χ1n) is 8.09. The van der Waals surface area contributed by atoms with E-state index < -0.39 is 0 Å². The van der Waals surface area contributed by atoms with Crippen molar-refractivity contribution in [1.82, 2.24) is 10.1 Å². The molecule has 0 saturated heterocycles. The molecule has 3 atom stereocenters. The monoisotopic (exact) mass is 277 g/mol. The van der Waals surface area contributed by atoms with Gasteiger partial charge in [-0.2, -0.15) is 4.98 Å². The van der Waals surface area contributed by atoms with Crippen LogP contribution >= 0.6 is 0 Å². The summed E-state index contributed by atoms with van der Waals surface area (Å²) in [6.45, 7) is 6.84. The number of rotatable bonds is 2. The van der Waals surface area contributed by atoms with Crippen LogP contribution in [0.25, 0.3) is 0 Å². The summed E-state index contributed by atoms with van der Waals surface area (Å²) in [6.07, 6.45) is 7.15. The van der Waals surface area contributed by atoms with Crippen molar-refractivity contribution in [2.24, 2.45) is 17.1 Å². The van der Waals surface area contributed by atoms with Crippen molar-refractivity contribution >= 4 is 0 Å². The molecule has 2 aliphatic rings. The van der Waals surface area contributed by atoms with E-state index in [0.29, 0.717) is 23.8 Å². The molecule has 1 aromatic rings. The van der Waals surface area contributed by atoms with Crippen LogP contribution in [0.15, 0.2) is 4.52 Å². The van der Waals surface area contributed by atoms with Crippen LogP contribution in [0.1, 0.15) is 82.8 Å². The highest BCUT2D eigenvalue weighted by Gasteiger charge is 2.45. The molecule has 20 heavy (non-hydrogen) atoms. The minimum absolute atomic E-state index is 0.122. The van der Waals surface area contributed by atoms with Crippen LogP contribution in [0.4, 0.5) is 0 Å². The van der Waals surface area contributed by atoms with Crippen molar-refractivity contribution < 1.29 is 4.52 Å². The highest BCUT2D eigenvalue weighted by atomic mass is 16.5. The number of nitrogens with zero attached hydrogens (tertiary/aromatic N) is 2. The molecule has 0 amide bonds. The molecule has 112 valence electrons. The van der Waals surface area contributed by atoms with Crippen LogP contribution in [-0.2, 0) is 0 Å².